The fourth-order valence-electron chi connectivity index (χ4n) is 3.27. The van der Waals surface area contributed by atoms with Crippen LogP contribution in [0.5, 0.6) is 0 Å². The smallest absolute Gasteiger partial charge is 0.276 e. The Morgan fingerprint density at radius 2 is 1.55 bits per heavy atom. The monoisotopic (exact) mass is 384 g/mol. The van der Waals surface area contributed by atoms with Crippen LogP contribution in [0.15, 0.2) is 66.7 Å². The molecule has 29 heavy (non-hydrogen) atoms. The Balaban J connectivity index is 1.35. The van der Waals surface area contributed by atoms with E-state index in [0.717, 1.165) is 32.0 Å². The summed E-state index contributed by atoms with van der Waals surface area (Å²) in [5, 5.41) is 19.9. The fraction of sp³-hybridized carbons (Fsp3) is 0.182. The van der Waals surface area contributed by atoms with Gasteiger partial charge in [-0.3, -0.25) is 4.79 Å². The molecule has 1 saturated heterocycles. The second-order valence-electron chi connectivity index (χ2n) is 6.73. The second-order valence-corrected chi connectivity index (χ2v) is 6.73. The zero-order valence-corrected chi connectivity index (χ0v) is 15.8. The third-order valence-electron chi connectivity index (χ3n) is 4.88. The van der Waals surface area contributed by atoms with Gasteiger partial charge in [0.1, 0.15) is 0 Å². The molecule has 0 aliphatic carbocycles. The number of rotatable bonds is 4. The van der Waals surface area contributed by atoms with Crippen LogP contribution in [0, 0.1) is 11.3 Å². The van der Waals surface area contributed by atoms with Crippen LogP contribution in [-0.4, -0.2) is 42.3 Å². The van der Waals surface area contributed by atoms with E-state index in [1.807, 2.05) is 18.2 Å². The summed E-state index contributed by atoms with van der Waals surface area (Å²) in [4.78, 5) is 16.9. The van der Waals surface area contributed by atoms with Gasteiger partial charge in [-0.2, -0.15) is 5.26 Å². The van der Waals surface area contributed by atoms with Crippen LogP contribution in [-0.2, 0) is 0 Å². The number of nitrogens with one attached hydrogen (secondary N) is 1. The number of nitriles is 1. The summed E-state index contributed by atoms with van der Waals surface area (Å²) in [6.45, 7) is 3.51. The molecule has 7 nitrogen and oxygen atoms in total. The quantitative estimate of drug-likeness (QED) is 0.744. The summed E-state index contributed by atoms with van der Waals surface area (Å²) < 4.78 is 0. The van der Waals surface area contributed by atoms with Gasteiger partial charge in [-0.15, -0.1) is 10.2 Å². The molecule has 7 heteroatoms. The summed E-state index contributed by atoms with van der Waals surface area (Å²) in [6.07, 6.45) is 0. The highest BCUT2D eigenvalue weighted by Crippen LogP contribution is 2.19. The van der Waals surface area contributed by atoms with Crippen LogP contribution in [0.1, 0.15) is 16.1 Å². The standard InChI is InChI=1S/C22H20N6O/c23-16-17-6-8-18(9-7-17)24-22(29)20-10-11-21(26-25-20)28-14-12-27(13-15-28)19-4-2-1-3-5-19/h1-11H,12-15H2,(H,24,29). The Morgan fingerprint density at radius 1 is 0.862 bits per heavy atom. The van der Waals surface area contributed by atoms with Crippen LogP contribution in [0.4, 0.5) is 17.2 Å². The Bertz CT molecular complexity index is 1000. The van der Waals surface area contributed by atoms with Crippen LogP contribution >= 0.6 is 0 Å². The van der Waals surface area contributed by atoms with Crippen LogP contribution in [0.25, 0.3) is 0 Å². The molecule has 0 saturated carbocycles. The third-order valence-corrected chi connectivity index (χ3v) is 4.88. The molecule has 1 aromatic heterocycles. The molecule has 0 radical (unpaired) electrons. The van der Waals surface area contributed by atoms with E-state index < -0.39 is 0 Å². The Kier molecular flexibility index (Phi) is 5.34. The first-order valence-electron chi connectivity index (χ1n) is 9.43. The van der Waals surface area contributed by atoms with E-state index in [4.69, 9.17) is 5.26 Å². The molecule has 1 aliphatic rings. The number of hydrogen-bond acceptors (Lipinski definition) is 6. The van der Waals surface area contributed by atoms with Crippen molar-refractivity contribution in [2.24, 2.45) is 0 Å². The van der Waals surface area contributed by atoms with E-state index in [1.165, 1.54) is 5.69 Å². The summed E-state index contributed by atoms with van der Waals surface area (Å²) >= 11 is 0. The predicted molar refractivity (Wildman–Crippen MR) is 112 cm³/mol. The van der Waals surface area contributed by atoms with Crippen molar-refractivity contribution in [3.8, 4) is 6.07 Å². The van der Waals surface area contributed by atoms with Crippen molar-refractivity contribution in [1.82, 2.24) is 10.2 Å². The highest BCUT2D eigenvalue weighted by Gasteiger charge is 2.19. The van der Waals surface area contributed by atoms with Crippen molar-refractivity contribution in [3.05, 3.63) is 78.0 Å². The number of para-hydroxylation sites is 1. The first kappa shape index (κ1) is 18.4. The molecule has 2 aromatic carbocycles. The minimum Gasteiger partial charge on any atom is -0.368 e. The first-order valence-corrected chi connectivity index (χ1v) is 9.43. The molecule has 2 heterocycles. The number of aromatic nitrogens is 2. The molecule has 0 unspecified atom stereocenters. The van der Waals surface area contributed by atoms with Gasteiger partial charge in [-0.1, -0.05) is 18.2 Å². The zero-order valence-electron chi connectivity index (χ0n) is 15.8. The minimum absolute atomic E-state index is 0.251. The van der Waals surface area contributed by atoms with Gasteiger partial charge in [-0.05, 0) is 48.5 Å². The van der Waals surface area contributed by atoms with Crippen LogP contribution < -0.4 is 15.1 Å². The van der Waals surface area contributed by atoms with Gasteiger partial charge in [0, 0.05) is 37.6 Å². The number of amides is 1. The lowest BCUT2D eigenvalue weighted by Gasteiger charge is -2.36. The van der Waals surface area contributed by atoms with E-state index in [1.54, 1.807) is 30.3 Å². The lowest BCUT2D eigenvalue weighted by atomic mass is 10.2. The topological polar surface area (TPSA) is 85.2 Å². The average molecular weight is 384 g/mol. The molecule has 3 aromatic rings. The van der Waals surface area contributed by atoms with Gasteiger partial charge in [0.2, 0.25) is 0 Å². The van der Waals surface area contributed by atoms with Crippen molar-refractivity contribution >= 4 is 23.1 Å². The van der Waals surface area contributed by atoms with Gasteiger partial charge >= 0.3 is 0 Å². The summed E-state index contributed by atoms with van der Waals surface area (Å²) in [5.41, 5.74) is 2.63. The molecule has 0 bridgehead atoms. The third kappa shape index (κ3) is 4.33. The van der Waals surface area contributed by atoms with Gasteiger partial charge in [0.25, 0.3) is 5.91 Å². The maximum Gasteiger partial charge on any atom is 0.276 e. The number of piperazine rings is 1. The summed E-state index contributed by atoms with van der Waals surface area (Å²) in [6, 6.07) is 22.6. The molecule has 144 valence electrons. The molecule has 1 amide bonds. The molecule has 1 aliphatic heterocycles. The molecule has 1 N–H and O–H groups in total. The number of nitrogens with zero attached hydrogens (tertiary/aromatic N) is 5. The second kappa shape index (κ2) is 8.40. The Morgan fingerprint density at radius 3 is 2.17 bits per heavy atom. The van der Waals surface area contributed by atoms with E-state index in [9.17, 15) is 4.79 Å². The van der Waals surface area contributed by atoms with E-state index >= 15 is 0 Å². The van der Waals surface area contributed by atoms with Crippen LogP contribution in [0.2, 0.25) is 0 Å². The molecular weight excluding hydrogens is 364 g/mol. The van der Waals surface area contributed by atoms with Gasteiger partial charge in [0.15, 0.2) is 11.5 Å². The van der Waals surface area contributed by atoms with E-state index in [2.05, 4.69) is 49.6 Å². The van der Waals surface area contributed by atoms with Gasteiger partial charge in [0.05, 0.1) is 11.6 Å². The first-order chi connectivity index (χ1) is 14.2. The molecule has 0 spiro atoms. The number of carbonyl (C=O) groups is 1. The molecule has 4 rings (SSSR count). The van der Waals surface area contributed by atoms with E-state index in [-0.39, 0.29) is 11.6 Å². The average Bonchev–Trinajstić information content (AvgIpc) is 2.80. The predicted octanol–water partition coefficient (Wildman–Crippen LogP) is 2.93. The van der Waals surface area contributed by atoms with Crippen molar-refractivity contribution < 1.29 is 4.79 Å². The number of benzene rings is 2. The van der Waals surface area contributed by atoms with Crippen LogP contribution in [0.3, 0.4) is 0 Å². The summed E-state index contributed by atoms with van der Waals surface area (Å²) in [7, 11) is 0. The van der Waals surface area contributed by atoms with Gasteiger partial charge < -0.3 is 15.1 Å². The number of hydrogen-bond donors (Lipinski definition) is 1. The lowest BCUT2D eigenvalue weighted by Crippen LogP contribution is -2.46. The zero-order chi connectivity index (χ0) is 20.1. The number of anilines is 3. The summed E-state index contributed by atoms with van der Waals surface area (Å²) in [5.74, 6) is 0.440. The highest BCUT2D eigenvalue weighted by atomic mass is 16.1. The molecule has 0 atom stereocenters. The van der Waals surface area contributed by atoms with Gasteiger partial charge in [-0.25, -0.2) is 0 Å². The highest BCUT2D eigenvalue weighted by molar-refractivity contribution is 6.02. The maximum absolute atomic E-state index is 12.4. The fourth-order valence-corrected chi connectivity index (χ4v) is 3.27. The number of carbonyl (C=O) groups excluding carboxylic acids is 1. The molecular formula is C22H20N6O. The SMILES string of the molecule is N#Cc1ccc(NC(=O)c2ccc(N3CCN(c4ccccc4)CC3)nn2)cc1. The molecule has 1 fully saturated rings. The minimum atomic E-state index is -0.331. The van der Waals surface area contributed by atoms with E-state index in [0.29, 0.717) is 11.3 Å². The van der Waals surface area contributed by atoms with Crippen molar-refractivity contribution in [2.45, 2.75) is 0 Å². The Labute approximate surface area is 169 Å². The maximum atomic E-state index is 12.4. The van der Waals surface area contributed by atoms with Crippen molar-refractivity contribution in [1.29, 1.82) is 5.26 Å². The largest absolute Gasteiger partial charge is 0.368 e. The van der Waals surface area contributed by atoms with Crippen molar-refractivity contribution in [3.63, 3.8) is 0 Å². The van der Waals surface area contributed by atoms with Crippen molar-refractivity contribution in [2.75, 3.05) is 41.3 Å². The normalized spacial score (nSPS) is 13.6. The lowest BCUT2D eigenvalue weighted by molar-refractivity contribution is 0.102. The Hall–Kier alpha value is -3.92.